The van der Waals surface area contributed by atoms with Crippen molar-refractivity contribution in [2.45, 2.75) is 6.92 Å². The van der Waals surface area contributed by atoms with Gasteiger partial charge in [0.1, 0.15) is 0 Å². The van der Waals surface area contributed by atoms with Crippen molar-refractivity contribution < 1.29 is 4.92 Å². The van der Waals surface area contributed by atoms with E-state index in [0.29, 0.717) is 10.4 Å². The lowest BCUT2D eigenvalue weighted by molar-refractivity contribution is -0.382. The summed E-state index contributed by atoms with van der Waals surface area (Å²) < 4.78 is 0.863. The van der Waals surface area contributed by atoms with E-state index in [1.165, 1.54) is 16.7 Å². The Kier molecular flexibility index (Phi) is 2.17. The van der Waals surface area contributed by atoms with Crippen LogP contribution in [0.25, 0.3) is 10.1 Å². The highest BCUT2D eigenvalue weighted by molar-refractivity contribution is 7.17. The predicted molar refractivity (Wildman–Crippen MR) is 58.2 cm³/mol. The van der Waals surface area contributed by atoms with Gasteiger partial charge in [-0.25, -0.2) is 0 Å². The number of hydrogen-bond acceptors (Lipinski definition) is 3. The zero-order valence-electron chi connectivity index (χ0n) is 7.28. The van der Waals surface area contributed by atoms with Crippen molar-refractivity contribution in [1.82, 2.24) is 0 Å². The molecule has 1 aromatic carbocycles. The van der Waals surface area contributed by atoms with Crippen LogP contribution >= 0.6 is 22.9 Å². The Morgan fingerprint density at radius 1 is 1.50 bits per heavy atom. The number of nitro groups is 1. The molecule has 0 N–H and O–H groups in total. The molecule has 5 heteroatoms. The van der Waals surface area contributed by atoms with Crippen LogP contribution in [0.4, 0.5) is 5.69 Å². The van der Waals surface area contributed by atoms with E-state index in [-0.39, 0.29) is 5.69 Å². The Morgan fingerprint density at radius 2 is 2.21 bits per heavy atom. The van der Waals surface area contributed by atoms with Gasteiger partial charge < -0.3 is 0 Å². The van der Waals surface area contributed by atoms with Gasteiger partial charge >= 0.3 is 0 Å². The fourth-order valence-corrected chi connectivity index (χ4v) is 2.82. The zero-order chi connectivity index (χ0) is 10.3. The van der Waals surface area contributed by atoms with Crippen LogP contribution < -0.4 is 0 Å². The lowest BCUT2D eigenvalue weighted by atomic mass is 10.2. The number of fused-ring (bicyclic) bond motifs is 1. The van der Waals surface area contributed by atoms with Gasteiger partial charge in [-0.15, -0.1) is 11.3 Å². The number of aryl methyl sites for hydroxylation is 1. The predicted octanol–water partition coefficient (Wildman–Crippen LogP) is 3.77. The first-order valence-corrected chi connectivity index (χ1v) is 5.17. The molecule has 0 saturated heterocycles. The lowest BCUT2D eigenvalue weighted by Crippen LogP contribution is -1.85. The number of thiophene rings is 1. The van der Waals surface area contributed by atoms with E-state index in [0.717, 1.165) is 10.3 Å². The number of rotatable bonds is 1. The highest BCUT2D eigenvalue weighted by Gasteiger charge is 2.17. The minimum absolute atomic E-state index is 0.0926. The molecule has 0 unspecified atom stereocenters. The molecule has 0 amide bonds. The van der Waals surface area contributed by atoms with E-state index in [2.05, 4.69) is 0 Å². The zero-order valence-corrected chi connectivity index (χ0v) is 8.85. The maximum atomic E-state index is 10.7. The second kappa shape index (κ2) is 3.22. The quantitative estimate of drug-likeness (QED) is 0.550. The summed E-state index contributed by atoms with van der Waals surface area (Å²) in [5, 5.41) is 13.2. The molecule has 1 heterocycles. The smallest absolute Gasteiger partial charge is 0.258 e. The summed E-state index contributed by atoms with van der Waals surface area (Å²) in [5.74, 6) is 0. The minimum Gasteiger partial charge on any atom is -0.258 e. The van der Waals surface area contributed by atoms with Gasteiger partial charge in [-0.05, 0) is 24.6 Å². The summed E-state index contributed by atoms with van der Waals surface area (Å²) in [6.07, 6.45) is 0. The molecule has 0 aliphatic rings. The molecule has 72 valence electrons. The number of halogens is 1. The third-order valence-electron chi connectivity index (χ3n) is 1.95. The maximum Gasteiger partial charge on any atom is 0.289 e. The molecule has 14 heavy (non-hydrogen) atoms. The molecule has 0 aliphatic heterocycles. The average molecular weight is 228 g/mol. The van der Waals surface area contributed by atoms with E-state index >= 15 is 0 Å². The number of benzene rings is 1. The number of hydrogen-bond donors (Lipinski definition) is 0. The molecule has 3 nitrogen and oxygen atoms in total. The molecule has 0 fully saturated rings. The highest BCUT2D eigenvalue weighted by atomic mass is 35.5. The maximum absolute atomic E-state index is 10.7. The van der Waals surface area contributed by atoms with Crippen LogP contribution in [0.3, 0.4) is 0 Å². The summed E-state index contributed by atoms with van der Waals surface area (Å²) >= 11 is 7.30. The SMILES string of the molecule is Cc1cc(Cl)c2c([N+](=O)[O-])csc2c1. The molecule has 2 rings (SSSR count). The van der Waals surface area contributed by atoms with Crippen LogP contribution in [0.1, 0.15) is 5.56 Å². The van der Waals surface area contributed by atoms with Crippen LogP contribution in [0.15, 0.2) is 17.5 Å². The molecule has 2 aromatic rings. The van der Waals surface area contributed by atoms with E-state index in [1.807, 2.05) is 13.0 Å². The van der Waals surface area contributed by atoms with Crippen LogP contribution in [0, 0.1) is 17.0 Å². The van der Waals surface area contributed by atoms with Crippen LogP contribution in [0.5, 0.6) is 0 Å². The Bertz CT molecular complexity index is 521. The van der Waals surface area contributed by atoms with E-state index in [1.54, 1.807) is 6.07 Å². The third kappa shape index (κ3) is 1.36. The Labute approximate surface area is 89.1 Å². The standard InChI is InChI=1S/C9H6ClNO2S/c1-5-2-6(10)9-7(11(12)13)4-14-8(9)3-5/h2-4H,1H3. The van der Waals surface area contributed by atoms with Crippen LogP contribution in [-0.2, 0) is 0 Å². The molecule has 0 aliphatic carbocycles. The van der Waals surface area contributed by atoms with Crippen molar-refractivity contribution in [3.8, 4) is 0 Å². The van der Waals surface area contributed by atoms with Crippen molar-refractivity contribution in [1.29, 1.82) is 0 Å². The fourth-order valence-electron chi connectivity index (χ4n) is 1.36. The van der Waals surface area contributed by atoms with Crippen molar-refractivity contribution in [3.63, 3.8) is 0 Å². The van der Waals surface area contributed by atoms with Crippen molar-refractivity contribution in [3.05, 3.63) is 38.2 Å². The summed E-state index contributed by atoms with van der Waals surface area (Å²) in [6.45, 7) is 1.91. The molecule has 0 atom stereocenters. The van der Waals surface area contributed by atoms with E-state index in [9.17, 15) is 10.1 Å². The third-order valence-corrected chi connectivity index (χ3v) is 3.16. The lowest BCUT2D eigenvalue weighted by Gasteiger charge is -1.96. The summed E-state index contributed by atoms with van der Waals surface area (Å²) in [6, 6.07) is 3.64. The first kappa shape index (κ1) is 9.43. The average Bonchev–Trinajstić information content (AvgIpc) is 2.47. The Balaban J connectivity index is 2.85. The van der Waals surface area contributed by atoms with Crippen molar-refractivity contribution >= 4 is 38.7 Å². The summed E-state index contributed by atoms with van der Waals surface area (Å²) in [7, 11) is 0. The minimum atomic E-state index is -0.403. The second-order valence-corrected chi connectivity index (χ2v) is 4.32. The molecule has 0 spiro atoms. The summed E-state index contributed by atoms with van der Waals surface area (Å²) in [4.78, 5) is 10.3. The van der Waals surface area contributed by atoms with E-state index < -0.39 is 4.92 Å². The first-order chi connectivity index (χ1) is 6.59. The van der Waals surface area contributed by atoms with Gasteiger partial charge in [0, 0.05) is 4.70 Å². The second-order valence-electron chi connectivity index (χ2n) is 3.00. The van der Waals surface area contributed by atoms with Gasteiger partial charge in [0.25, 0.3) is 5.69 Å². The van der Waals surface area contributed by atoms with Gasteiger partial charge in [-0.3, -0.25) is 10.1 Å². The fraction of sp³-hybridized carbons (Fsp3) is 0.111. The monoisotopic (exact) mass is 227 g/mol. The van der Waals surface area contributed by atoms with Gasteiger partial charge in [-0.1, -0.05) is 11.6 Å². The topological polar surface area (TPSA) is 43.1 Å². The van der Waals surface area contributed by atoms with Gasteiger partial charge in [0.05, 0.1) is 20.7 Å². The Morgan fingerprint density at radius 3 is 2.86 bits per heavy atom. The van der Waals surface area contributed by atoms with Gasteiger partial charge in [0.2, 0.25) is 0 Å². The normalized spacial score (nSPS) is 10.7. The Hall–Kier alpha value is -1.13. The molecule has 0 bridgehead atoms. The summed E-state index contributed by atoms with van der Waals surface area (Å²) in [5.41, 5.74) is 1.11. The van der Waals surface area contributed by atoms with Crippen LogP contribution in [-0.4, -0.2) is 4.92 Å². The molecule has 0 radical (unpaired) electrons. The number of nitrogens with zero attached hydrogens (tertiary/aromatic N) is 1. The molecular weight excluding hydrogens is 222 g/mol. The van der Waals surface area contributed by atoms with Crippen LogP contribution in [0.2, 0.25) is 5.02 Å². The first-order valence-electron chi connectivity index (χ1n) is 3.91. The van der Waals surface area contributed by atoms with Gasteiger partial charge in [-0.2, -0.15) is 0 Å². The largest absolute Gasteiger partial charge is 0.289 e. The molecular formula is C9H6ClNO2S. The van der Waals surface area contributed by atoms with E-state index in [4.69, 9.17) is 11.6 Å². The van der Waals surface area contributed by atoms with Crippen molar-refractivity contribution in [2.24, 2.45) is 0 Å². The van der Waals surface area contributed by atoms with Gasteiger partial charge in [0.15, 0.2) is 0 Å². The molecule has 1 aromatic heterocycles. The molecule has 0 saturated carbocycles. The highest BCUT2D eigenvalue weighted by Crippen LogP contribution is 2.37. The van der Waals surface area contributed by atoms with Crippen molar-refractivity contribution in [2.75, 3.05) is 0 Å².